The van der Waals surface area contributed by atoms with Gasteiger partial charge in [0, 0.05) is 11.8 Å². The van der Waals surface area contributed by atoms with Crippen LogP contribution in [0.3, 0.4) is 0 Å². The topological polar surface area (TPSA) is 55.4 Å². The molecular formula is C18H23NO3S. The fourth-order valence-corrected chi connectivity index (χ4v) is 3.94. The van der Waals surface area contributed by atoms with E-state index < -0.39 is 10.0 Å². The highest BCUT2D eigenvalue weighted by atomic mass is 32.2. The molecule has 0 saturated heterocycles. The summed E-state index contributed by atoms with van der Waals surface area (Å²) in [7, 11) is -3.67. The molecule has 2 aromatic carbocycles. The third-order valence-corrected chi connectivity index (χ3v) is 5.06. The van der Waals surface area contributed by atoms with Gasteiger partial charge in [0.05, 0.1) is 11.5 Å². The molecule has 0 bridgehead atoms. The number of rotatable bonds is 5. The quantitative estimate of drug-likeness (QED) is 0.895. The molecule has 1 N–H and O–H groups in total. The Morgan fingerprint density at radius 2 is 1.52 bits per heavy atom. The Morgan fingerprint density at radius 1 is 0.913 bits per heavy atom. The summed E-state index contributed by atoms with van der Waals surface area (Å²) in [6.07, 6.45) is 0. The lowest BCUT2D eigenvalue weighted by Gasteiger charge is -2.15. The van der Waals surface area contributed by atoms with E-state index in [0.29, 0.717) is 23.6 Å². The second-order valence-corrected chi connectivity index (χ2v) is 7.45. The zero-order valence-corrected chi connectivity index (χ0v) is 15.0. The number of ether oxygens (including phenoxy) is 1. The molecule has 23 heavy (non-hydrogen) atoms. The maximum Gasteiger partial charge on any atom is 0.262 e. The zero-order chi connectivity index (χ0) is 17.2. The maximum atomic E-state index is 12.7. The molecule has 0 fully saturated rings. The molecule has 0 spiro atoms. The number of nitrogens with one attached hydrogen (secondary N) is 1. The highest BCUT2D eigenvalue weighted by Gasteiger charge is 2.19. The van der Waals surface area contributed by atoms with Crippen LogP contribution in [-0.4, -0.2) is 15.0 Å². The normalized spacial score (nSPS) is 11.3. The number of hydrogen-bond donors (Lipinski definition) is 1. The van der Waals surface area contributed by atoms with Crippen LogP contribution < -0.4 is 9.46 Å². The van der Waals surface area contributed by atoms with Crippen LogP contribution >= 0.6 is 0 Å². The van der Waals surface area contributed by atoms with Gasteiger partial charge in [-0.3, -0.25) is 4.72 Å². The molecule has 2 rings (SSSR count). The van der Waals surface area contributed by atoms with Gasteiger partial charge in [-0.25, -0.2) is 8.42 Å². The molecule has 0 heterocycles. The predicted molar refractivity (Wildman–Crippen MR) is 93.8 cm³/mol. The Morgan fingerprint density at radius 3 is 2.09 bits per heavy atom. The molecule has 2 aromatic rings. The van der Waals surface area contributed by atoms with Crippen LogP contribution in [0.1, 0.15) is 29.2 Å². The lowest BCUT2D eigenvalue weighted by Crippen LogP contribution is -2.15. The summed E-state index contributed by atoms with van der Waals surface area (Å²) in [6.45, 7) is 9.95. The van der Waals surface area contributed by atoms with Crippen LogP contribution in [0.5, 0.6) is 5.75 Å². The highest BCUT2D eigenvalue weighted by Crippen LogP contribution is 2.28. The molecule has 124 valence electrons. The summed E-state index contributed by atoms with van der Waals surface area (Å²) >= 11 is 0. The first-order valence-corrected chi connectivity index (χ1v) is 9.06. The molecule has 0 radical (unpaired) electrons. The zero-order valence-electron chi connectivity index (χ0n) is 14.2. The molecule has 0 unspecified atom stereocenters. The molecule has 0 amide bonds. The maximum absolute atomic E-state index is 12.7. The number of benzene rings is 2. The van der Waals surface area contributed by atoms with Crippen molar-refractivity contribution in [3.05, 3.63) is 52.6 Å². The van der Waals surface area contributed by atoms with E-state index in [4.69, 9.17) is 4.74 Å². The van der Waals surface area contributed by atoms with Gasteiger partial charge in [0.1, 0.15) is 5.75 Å². The first kappa shape index (κ1) is 17.3. The van der Waals surface area contributed by atoms with Gasteiger partial charge in [0.2, 0.25) is 0 Å². The fourth-order valence-electron chi connectivity index (χ4n) is 2.66. The molecule has 0 atom stereocenters. The van der Waals surface area contributed by atoms with Crippen LogP contribution in [0.2, 0.25) is 0 Å². The molecule has 0 aliphatic carbocycles. The summed E-state index contributed by atoms with van der Waals surface area (Å²) in [6, 6.07) is 9.07. The van der Waals surface area contributed by atoms with E-state index in [0.717, 1.165) is 16.7 Å². The van der Waals surface area contributed by atoms with Crippen LogP contribution in [0.15, 0.2) is 35.2 Å². The fraction of sp³-hybridized carbons (Fsp3) is 0.333. The van der Waals surface area contributed by atoms with Crippen molar-refractivity contribution in [1.82, 2.24) is 0 Å². The first-order valence-electron chi connectivity index (χ1n) is 7.58. The van der Waals surface area contributed by atoms with E-state index in [9.17, 15) is 8.42 Å². The molecule has 0 aliphatic rings. The Balaban J connectivity index is 2.45. The lowest BCUT2D eigenvalue weighted by atomic mass is 10.1. The third-order valence-electron chi connectivity index (χ3n) is 3.54. The van der Waals surface area contributed by atoms with Gasteiger partial charge in [-0.05, 0) is 69.0 Å². The third kappa shape index (κ3) is 4.05. The Bertz CT molecular complexity index is 806. The summed E-state index contributed by atoms with van der Waals surface area (Å²) in [5, 5.41) is 0. The summed E-state index contributed by atoms with van der Waals surface area (Å²) in [4.78, 5) is 0.241. The van der Waals surface area contributed by atoms with Crippen LogP contribution in [-0.2, 0) is 10.0 Å². The lowest BCUT2D eigenvalue weighted by molar-refractivity contribution is 0.337. The van der Waals surface area contributed by atoms with Crippen molar-refractivity contribution in [1.29, 1.82) is 0 Å². The van der Waals surface area contributed by atoms with Crippen LogP contribution in [0.25, 0.3) is 0 Å². The van der Waals surface area contributed by atoms with E-state index >= 15 is 0 Å². The van der Waals surface area contributed by atoms with Gasteiger partial charge in [-0.15, -0.1) is 0 Å². The SMILES string of the molecule is CCOc1cc(S(=O)(=O)Nc2cc(C)cc(C)c2)c(C)cc1C. The smallest absolute Gasteiger partial charge is 0.262 e. The van der Waals surface area contributed by atoms with Crippen LogP contribution in [0, 0.1) is 27.7 Å². The minimum atomic E-state index is -3.67. The average Bonchev–Trinajstić information content (AvgIpc) is 2.39. The van der Waals surface area contributed by atoms with Crippen molar-refractivity contribution in [2.24, 2.45) is 0 Å². The molecule has 4 nitrogen and oxygen atoms in total. The van der Waals surface area contributed by atoms with Crippen molar-refractivity contribution < 1.29 is 13.2 Å². The van der Waals surface area contributed by atoms with Crippen molar-refractivity contribution in [3.8, 4) is 5.75 Å². The van der Waals surface area contributed by atoms with Crippen molar-refractivity contribution in [3.63, 3.8) is 0 Å². The molecule has 5 heteroatoms. The van der Waals surface area contributed by atoms with Gasteiger partial charge in [-0.2, -0.15) is 0 Å². The van der Waals surface area contributed by atoms with Crippen molar-refractivity contribution >= 4 is 15.7 Å². The molecule has 0 aliphatic heterocycles. The van der Waals surface area contributed by atoms with Gasteiger partial charge in [0.15, 0.2) is 0 Å². The minimum absolute atomic E-state index is 0.241. The summed E-state index contributed by atoms with van der Waals surface area (Å²) < 4.78 is 33.7. The van der Waals surface area contributed by atoms with E-state index in [1.165, 1.54) is 0 Å². The Labute approximate surface area is 138 Å². The second-order valence-electron chi connectivity index (χ2n) is 5.80. The Kier molecular flexibility index (Phi) is 5.00. The van der Waals surface area contributed by atoms with Crippen molar-refractivity contribution in [2.45, 2.75) is 39.5 Å². The van der Waals surface area contributed by atoms with Crippen LogP contribution in [0.4, 0.5) is 5.69 Å². The number of anilines is 1. The monoisotopic (exact) mass is 333 g/mol. The standard InChI is InChI=1S/C18H23NO3S/c1-6-22-17-11-18(15(5)10-14(17)4)23(20,21)19-16-8-12(2)7-13(3)9-16/h7-11,19H,6H2,1-5H3. The first-order chi connectivity index (χ1) is 10.7. The second kappa shape index (κ2) is 6.62. The Hall–Kier alpha value is -2.01. The van der Waals surface area contributed by atoms with Gasteiger partial charge in [-0.1, -0.05) is 12.1 Å². The summed E-state index contributed by atoms with van der Waals surface area (Å²) in [5.74, 6) is 0.596. The predicted octanol–water partition coefficient (Wildman–Crippen LogP) is 4.12. The van der Waals surface area contributed by atoms with E-state index in [-0.39, 0.29) is 4.90 Å². The highest BCUT2D eigenvalue weighted by molar-refractivity contribution is 7.92. The largest absolute Gasteiger partial charge is 0.494 e. The molecular weight excluding hydrogens is 310 g/mol. The summed E-state index contributed by atoms with van der Waals surface area (Å²) in [5.41, 5.74) is 4.22. The minimum Gasteiger partial charge on any atom is -0.494 e. The molecule has 0 saturated carbocycles. The average molecular weight is 333 g/mol. The van der Waals surface area contributed by atoms with E-state index in [1.54, 1.807) is 13.0 Å². The van der Waals surface area contributed by atoms with E-state index in [2.05, 4.69) is 4.72 Å². The number of aryl methyl sites for hydroxylation is 4. The number of hydrogen-bond acceptors (Lipinski definition) is 3. The van der Waals surface area contributed by atoms with Crippen molar-refractivity contribution in [2.75, 3.05) is 11.3 Å². The molecule has 0 aromatic heterocycles. The number of sulfonamides is 1. The van der Waals surface area contributed by atoms with Gasteiger partial charge in [0.25, 0.3) is 10.0 Å². The van der Waals surface area contributed by atoms with Gasteiger partial charge < -0.3 is 4.74 Å². The van der Waals surface area contributed by atoms with E-state index in [1.807, 2.05) is 52.0 Å². The van der Waals surface area contributed by atoms with Gasteiger partial charge >= 0.3 is 0 Å².